The monoisotopic (exact) mass is 318 g/mol. The van der Waals surface area contributed by atoms with Gasteiger partial charge in [0.1, 0.15) is 5.75 Å². The zero-order chi connectivity index (χ0) is 16.8. The quantitative estimate of drug-likeness (QED) is 0.725. The number of rotatable bonds is 7. The molecule has 2 rings (SSSR count). The van der Waals surface area contributed by atoms with E-state index >= 15 is 0 Å². The molecule has 0 saturated carbocycles. The standard InChI is InChI=1S/C19H30N2O2/c1-15(2)17-13-21(14-18(17)20(3)4)19(22)11-8-12-23-16-9-6-5-7-10-16/h5-7,9-10,15,17-18H,8,11-14H2,1-4H3. The van der Waals surface area contributed by atoms with Crippen LogP contribution in [0.3, 0.4) is 0 Å². The molecule has 128 valence electrons. The molecule has 1 amide bonds. The van der Waals surface area contributed by atoms with Crippen molar-refractivity contribution in [3.63, 3.8) is 0 Å². The first-order valence-corrected chi connectivity index (χ1v) is 8.61. The van der Waals surface area contributed by atoms with Gasteiger partial charge in [-0.3, -0.25) is 4.79 Å². The van der Waals surface area contributed by atoms with Crippen molar-refractivity contribution in [2.75, 3.05) is 33.8 Å². The number of carbonyl (C=O) groups excluding carboxylic acids is 1. The molecule has 4 heteroatoms. The molecule has 0 radical (unpaired) electrons. The largest absolute Gasteiger partial charge is 0.494 e. The molecule has 0 aromatic heterocycles. The summed E-state index contributed by atoms with van der Waals surface area (Å²) in [7, 11) is 4.23. The average Bonchev–Trinajstić information content (AvgIpc) is 2.98. The highest BCUT2D eigenvalue weighted by Crippen LogP contribution is 2.27. The van der Waals surface area contributed by atoms with Crippen LogP contribution in [0.5, 0.6) is 5.75 Å². The summed E-state index contributed by atoms with van der Waals surface area (Å²) >= 11 is 0. The van der Waals surface area contributed by atoms with Crippen LogP contribution >= 0.6 is 0 Å². The fraction of sp³-hybridized carbons (Fsp3) is 0.632. The van der Waals surface area contributed by atoms with Crippen LogP contribution in [-0.2, 0) is 4.79 Å². The van der Waals surface area contributed by atoms with E-state index in [0.29, 0.717) is 30.9 Å². The normalized spacial score (nSPS) is 21.2. The van der Waals surface area contributed by atoms with Gasteiger partial charge >= 0.3 is 0 Å². The molecule has 1 aromatic rings. The Morgan fingerprint density at radius 1 is 1.26 bits per heavy atom. The van der Waals surface area contributed by atoms with Crippen molar-refractivity contribution in [2.45, 2.75) is 32.7 Å². The van der Waals surface area contributed by atoms with Gasteiger partial charge in [-0.15, -0.1) is 0 Å². The molecule has 2 unspecified atom stereocenters. The molecule has 1 saturated heterocycles. The van der Waals surface area contributed by atoms with Crippen LogP contribution in [0.4, 0.5) is 0 Å². The van der Waals surface area contributed by atoms with Gasteiger partial charge in [0.05, 0.1) is 6.61 Å². The van der Waals surface area contributed by atoms with Crippen molar-refractivity contribution < 1.29 is 9.53 Å². The molecule has 0 bridgehead atoms. The number of ether oxygens (including phenoxy) is 1. The van der Waals surface area contributed by atoms with Gasteiger partial charge in [-0.25, -0.2) is 0 Å². The maximum atomic E-state index is 12.4. The Kier molecular flexibility index (Phi) is 6.46. The van der Waals surface area contributed by atoms with Crippen LogP contribution in [0, 0.1) is 11.8 Å². The highest BCUT2D eigenvalue weighted by Gasteiger charge is 2.37. The summed E-state index contributed by atoms with van der Waals surface area (Å²) in [5.41, 5.74) is 0. The number of para-hydroxylation sites is 1. The van der Waals surface area contributed by atoms with Gasteiger partial charge in [0, 0.05) is 25.6 Å². The third kappa shape index (κ3) is 4.96. The van der Waals surface area contributed by atoms with E-state index in [0.717, 1.165) is 25.3 Å². The Morgan fingerprint density at radius 2 is 1.96 bits per heavy atom. The van der Waals surface area contributed by atoms with Crippen LogP contribution in [0.1, 0.15) is 26.7 Å². The smallest absolute Gasteiger partial charge is 0.222 e. The molecular weight excluding hydrogens is 288 g/mol. The molecule has 1 aliphatic rings. The first-order valence-electron chi connectivity index (χ1n) is 8.61. The Bertz CT molecular complexity index is 471. The summed E-state index contributed by atoms with van der Waals surface area (Å²) in [6.45, 7) is 6.84. The maximum absolute atomic E-state index is 12.4. The molecule has 1 fully saturated rings. The number of likely N-dealkylation sites (N-methyl/N-ethyl adjacent to an activating group) is 1. The van der Waals surface area contributed by atoms with E-state index in [2.05, 4.69) is 32.8 Å². The van der Waals surface area contributed by atoms with Crippen LogP contribution in [0.2, 0.25) is 0 Å². The first kappa shape index (κ1) is 17.8. The number of benzene rings is 1. The van der Waals surface area contributed by atoms with Crippen LogP contribution < -0.4 is 4.74 Å². The van der Waals surface area contributed by atoms with Gasteiger partial charge in [0.2, 0.25) is 5.91 Å². The molecule has 1 aromatic carbocycles. The topological polar surface area (TPSA) is 32.8 Å². The van der Waals surface area contributed by atoms with Crippen molar-refractivity contribution in [1.82, 2.24) is 9.80 Å². The van der Waals surface area contributed by atoms with Crippen molar-refractivity contribution in [1.29, 1.82) is 0 Å². The highest BCUT2D eigenvalue weighted by molar-refractivity contribution is 5.76. The van der Waals surface area contributed by atoms with E-state index in [1.165, 1.54) is 0 Å². The maximum Gasteiger partial charge on any atom is 0.222 e. The Hall–Kier alpha value is -1.55. The lowest BCUT2D eigenvalue weighted by atomic mass is 9.91. The number of likely N-dealkylation sites (tertiary alicyclic amines) is 1. The lowest BCUT2D eigenvalue weighted by Gasteiger charge is -2.27. The third-order valence-corrected chi connectivity index (χ3v) is 4.75. The van der Waals surface area contributed by atoms with Crippen molar-refractivity contribution in [3.8, 4) is 5.75 Å². The fourth-order valence-electron chi connectivity index (χ4n) is 3.31. The van der Waals surface area contributed by atoms with Crippen molar-refractivity contribution >= 4 is 5.91 Å². The molecule has 23 heavy (non-hydrogen) atoms. The van der Waals surface area contributed by atoms with E-state index < -0.39 is 0 Å². The molecule has 0 spiro atoms. The Morgan fingerprint density at radius 3 is 2.52 bits per heavy atom. The number of hydrogen-bond acceptors (Lipinski definition) is 3. The van der Waals surface area contributed by atoms with Gasteiger partial charge < -0.3 is 14.5 Å². The van der Waals surface area contributed by atoms with Gasteiger partial charge in [0.25, 0.3) is 0 Å². The number of amides is 1. The SMILES string of the molecule is CC(C)C1CN(C(=O)CCCOc2ccccc2)CC1N(C)C. The molecule has 4 nitrogen and oxygen atoms in total. The second-order valence-electron chi connectivity index (χ2n) is 7.00. The molecular formula is C19H30N2O2. The van der Waals surface area contributed by atoms with E-state index in [4.69, 9.17) is 4.74 Å². The second-order valence-corrected chi connectivity index (χ2v) is 7.00. The minimum absolute atomic E-state index is 0.261. The number of hydrogen-bond donors (Lipinski definition) is 0. The summed E-state index contributed by atoms with van der Waals surface area (Å²) in [6, 6.07) is 10.2. The number of nitrogens with zero attached hydrogens (tertiary/aromatic N) is 2. The molecule has 2 atom stereocenters. The predicted molar refractivity (Wildman–Crippen MR) is 93.6 cm³/mol. The second kappa shape index (κ2) is 8.34. The highest BCUT2D eigenvalue weighted by atomic mass is 16.5. The minimum atomic E-state index is 0.261. The minimum Gasteiger partial charge on any atom is -0.494 e. The zero-order valence-electron chi connectivity index (χ0n) is 14.9. The summed E-state index contributed by atoms with van der Waals surface area (Å²) in [6.07, 6.45) is 1.33. The van der Waals surface area contributed by atoms with Gasteiger partial charge in [0.15, 0.2) is 0 Å². The molecule has 0 N–H and O–H groups in total. The molecule has 1 heterocycles. The summed E-state index contributed by atoms with van der Waals surface area (Å²) in [5, 5.41) is 0. The van der Waals surface area contributed by atoms with E-state index in [9.17, 15) is 4.79 Å². The average molecular weight is 318 g/mol. The van der Waals surface area contributed by atoms with Crippen LogP contribution in [-0.4, -0.2) is 55.5 Å². The molecule has 0 aliphatic carbocycles. The van der Waals surface area contributed by atoms with Crippen LogP contribution in [0.15, 0.2) is 30.3 Å². The lowest BCUT2D eigenvalue weighted by molar-refractivity contribution is -0.130. The number of carbonyl (C=O) groups is 1. The lowest BCUT2D eigenvalue weighted by Crippen LogP contribution is -2.37. The van der Waals surface area contributed by atoms with Gasteiger partial charge in [-0.05, 0) is 44.5 Å². The van der Waals surface area contributed by atoms with Crippen molar-refractivity contribution in [2.24, 2.45) is 11.8 Å². The first-order chi connectivity index (χ1) is 11.0. The Labute approximate surface area is 140 Å². The van der Waals surface area contributed by atoms with Crippen molar-refractivity contribution in [3.05, 3.63) is 30.3 Å². The zero-order valence-corrected chi connectivity index (χ0v) is 14.9. The predicted octanol–water partition coefficient (Wildman–Crippen LogP) is 2.89. The summed E-state index contributed by atoms with van der Waals surface area (Å²) < 4.78 is 5.66. The summed E-state index contributed by atoms with van der Waals surface area (Å²) in [4.78, 5) is 16.7. The van der Waals surface area contributed by atoms with Crippen LogP contribution in [0.25, 0.3) is 0 Å². The van der Waals surface area contributed by atoms with Gasteiger partial charge in [-0.2, -0.15) is 0 Å². The Balaban J connectivity index is 1.75. The summed E-state index contributed by atoms with van der Waals surface area (Å²) in [5.74, 6) is 2.29. The third-order valence-electron chi connectivity index (χ3n) is 4.75. The fourth-order valence-corrected chi connectivity index (χ4v) is 3.31. The van der Waals surface area contributed by atoms with E-state index in [1.54, 1.807) is 0 Å². The van der Waals surface area contributed by atoms with E-state index in [-0.39, 0.29) is 5.91 Å². The van der Waals surface area contributed by atoms with Gasteiger partial charge in [-0.1, -0.05) is 32.0 Å². The van der Waals surface area contributed by atoms with E-state index in [1.807, 2.05) is 35.2 Å². The molecule has 1 aliphatic heterocycles.